The smallest absolute Gasteiger partial charge is 0.0536 e. The third kappa shape index (κ3) is 0.913. The predicted octanol–water partition coefficient (Wildman–Crippen LogP) is -0.416. The van der Waals surface area contributed by atoms with Crippen LogP contribution in [0.25, 0.3) is 0 Å². The zero-order valence-electron chi connectivity index (χ0n) is 4.31. The van der Waals surface area contributed by atoms with Crippen LogP contribution in [0.4, 0.5) is 0 Å². The fourth-order valence-corrected chi connectivity index (χ4v) is 0.553. The summed E-state index contributed by atoms with van der Waals surface area (Å²) in [5.74, 6) is 5.30. The van der Waals surface area contributed by atoms with Gasteiger partial charge >= 0.3 is 0 Å². The number of rotatable bonds is 0. The maximum Gasteiger partial charge on any atom is 0.0536 e. The molecule has 0 aromatic heterocycles. The van der Waals surface area contributed by atoms with Crippen LogP contribution in [-0.2, 0) is 0 Å². The molecular formula is C4H9N3. The van der Waals surface area contributed by atoms with Crippen LogP contribution in [0.3, 0.4) is 0 Å². The molecule has 1 aliphatic heterocycles. The Morgan fingerprint density at radius 2 is 2.71 bits per heavy atom. The van der Waals surface area contributed by atoms with Gasteiger partial charge < -0.3 is 5.43 Å². The minimum atomic E-state index is 0.811. The monoisotopic (exact) mass is 99.1 g/mol. The van der Waals surface area contributed by atoms with Gasteiger partial charge in [0.2, 0.25) is 0 Å². The Bertz CT molecular complexity index is 97.1. The van der Waals surface area contributed by atoms with Crippen molar-refractivity contribution < 1.29 is 0 Å². The standard InChI is InChI=1S/C4H9N3/c1-4-2-3-7(5)6-4/h2,6H,3,5H2,1H3. The minimum absolute atomic E-state index is 0.811. The van der Waals surface area contributed by atoms with E-state index in [0.717, 1.165) is 12.2 Å². The van der Waals surface area contributed by atoms with Crippen molar-refractivity contribution in [3.05, 3.63) is 11.8 Å². The molecule has 1 rings (SSSR count). The van der Waals surface area contributed by atoms with Gasteiger partial charge in [-0.15, -0.1) is 0 Å². The van der Waals surface area contributed by atoms with Crippen LogP contribution in [-0.4, -0.2) is 11.7 Å². The molecule has 0 aromatic carbocycles. The van der Waals surface area contributed by atoms with Gasteiger partial charge in [-0.05, 0) is 13.0 Å². The fraction of sp³-hybridized carbons (Fsp3) is 0.500. The summed E-state index contributed by atoms with van der Waals surface area (Å²) in [6.45, 7) is 2.79. The summed E-state index contributed by atoms with van der Waals surface area (Å²) in [4.78, 5) is 0. The van der Waals surface area contributed by atoms with E-state index in [1.807, 2.05) is 13.0 Å². The highest BCUT2D eigenvalue weighted by Crippen LogP contribution is 1.93. The fourth-order valence-electron chi connectivity index (χ4n) is 0.553. The van der Waals surface area contributed by atoms with Crippen molar-refractivity contribution >= 4 is 0 Å². The summed E-state index contributed by atoms with van der Waals surface area (Å²) in [7, 11) is 0. The number of hydrogen-bond acceptors (Lipinski definition) is 3. The van der Waals surface area contributed by atoms with Crippen molar-refractivity contribution in [2.75, 3.05) is 6.54 Å². The average Bonchev–Trinajstić information content (AvgIpc) is 1.87. The molecule has 0 fully saturated rings. The van der Waals surface area contributed by atoms with Crippen molar-refractivity contribution in [3.8, 4) is 0 Å². The van der Waals surface area contributed by atoms with Gasteiger partial charge in [0, 0.05) is 5.70 Å². The van der Waals surface area contributed by atoms with Crippen LogP contribution in [0.1, 0.15) is 6.92 Å². The van der Waals surface area contributed by atoms with Crippen LogP contribution < -0.4 is 11.3 Å². The second kappa shape index (κ2) is 1.52. The highest BCUT2D eigenvalue weighted by molar-refractivity contribution is 5.00. The average molecular weight is 99.1 g/mol. The molecule has 0 bridgehead atoms. The molecule has 40 valence electrons. The minimum Gasteiger partial charge on any atom is -0.310 e. The van der Waals surface area contributed by atoms with E-state index in [9.17, 15) is 0 Å². The zero-order valence-corrected chi connectivity index (χ0v) is 4.31. The summed E-state index contributed by atoms with van der Waals surface area (Å²) >= 11 is 0. The Hall–Kier alpha value is -0.540. The Labute approximate surface area is 42.7 Å². The quantitative estimate of drug-likeness (QED) is 0.405. The Morgan fingerprint density at radius 3 is 2.86 bits per heavy atom. The van der Waals surface area contributed by atoms with E-state index in [-0.39, 0.29) is 0 Å². The molecule has 0 radical (unpaired) electrons. The van der Waals surface area contributed by atoms with Crippen molar-refractivity contribution in [2.24, 2.45) is 5.84 Å². The van der Waals surface area contributed by atoms with Gasteiger partial charge in [0.05, 0.1) is 6.54 Å². The lowest BCUT2D eigenvalue weighted by Crippen LogP contribution is -2.37. The Balaban J connectivity index is 2.42. The first kappa shape index (κ1) is 4.61. The van der Waals surface area contributed by atoms with Gasteiger partial charge in [-0.3, -0.25) is 5.84 Å². The highest BCUT2D eigenvalue weighted by Gasteiger charge is 2.01. The lowest BCUT2D eigenvalue weighted by atomic mass is 10.5. The van der Waals surface area contributed by atoms with Crippen molar-refractivity contribution in [1.82, 2.24) is 10.5 Å². The molecule has 0 atom stereocenters. The van der Waals surface area contributed by atoms with Crippen molar-refractivity contribution in [3.63, 3.8) is 0 Å². The maximum atomic E-state index is 5.30. The molecule has 0 aliphatic carbocycles. The van der Waals surface area contributed by atoms with Crippen molar-refractivity contribution in [2.45, 2.75) is 6.92 Å². The zero-order chi connectivity index (χ0) is 5.28. The molecule has 1 aliphatic rings. The first-order chi connectivity index (χ1) is 3.29. The molecule has 1 heterocycles. The summed E-state index contributed by atoms with van der Waals surface area (Å²) < 4.78 is 0. The second-order valence-electron chi connectivity index (χ2n) is 1.65. The SMILES string of the molecule is CC1=CCN(N)N1. The number of hydrogen-bond donors (Lipinski definition) is 2. The largest absolute Gasteiger partial charge is 0.310 e. The molecule has 3 heteroatoms. The summed E-state index contributed by atoms with van der Waals surface area (Å²) in [6.07, 6.45) is 2.03. The van der Waals surface area contributed by atoms with Crippen LogP contribution in [0.5, 0.6) is 0 Å². The third-order valence-corrected chi connectivity index (χ3v) is 0.914. The lowest BCUT2D eigenvalue weighted by Gasteiger charge is -2.07. The van der Waals surface area contributed by atoms with Crippen molar-refractivity contribution in [1.29, 1.82) is 0 Å². The molecule has 0 amide bonds. The van der Waals surface area contributed by atoms with E-state index in [2.05, 4.69) is 5.43 Å². The molecule has 7 heavy (non-hydrogen) atoms. The Kier molecular flexibility index (Phi) is 1.00. The molecule has 0 saturated carbocycles. The van der Waals surface area contributed by atoms with E-state index < -0.39 is 0 Å². The van der Waals surface area contributed by atoms with Crippen LogP contribution in [0.2, 0.25) is 0 Å². The molecule has 0 unspecified atom stereocenters. The van der Waals surface area contributed by atoms with E-state index >= 15 is 0 Å². The third-order valence-electron chi connectivity index (χ3n) is 0.914. The number of allylic oxidation sites excluding steroid dienone is 1. The van der Waals surface area contributed by atoms with Crippen LogP contribution in [0.15, 0.2) is 11.8 Å². The number of nitrogens with one attached hydrogen (secondary N) is 1. The van der Waals surface area contributed by atoms with E-state index in [0.29, 0.717) is 0 Å². The number of nitrogens with two attached hydrogens (primary N) is 1. The topological polar surface area (TPSA) is 41.3 Å². The normalized spacial score (nSPS) is 21.7. The van der Waals surface area contributed by atoms with Gasteiger partial charge in [-0.1, -0.05) is 0 Å². The van der Waals surface area contributed by atoms with Gasteiger partial charge in [0.15, 0.2) is 0 Å². The van der Waals surface area contributed by atoms with Gasteiger partial charge in [-0.2, -0.15) is 5.12 Å². The summed E-state index contributed by atoms with van der Waals surface area (Å²) in [5, 5.41) is 1.54. The predicted molar refractivity (Wildman–Crippen MR) is 27.8 cm³/mol. The number of nitrogens with zero attached hydrogens (tertiary/aromatic N) is 1. The van der Waals surface area contributed by atoms with E-state index in [1.165, 1.54) is 5.12 Å². The second-order valence-corrected chi connectivity index (χ2v) is 1.65. The van der Waals surface area contributed by atoms with Gasteiger partial charge in [0.25, 0.3) is 0 Å². The molecule has 0 spiro atoms. The van der Waals surface area contributed by atoms with E-state index in [1.54, 1.807) is 0 Å². The molecule has 3 N–H and O–H groups in total. The highest BCUT2D eigenvalue weighted by atomic mass is 15.7. The first-order valence-corrected chi connectivity index (χ1v) is 2.24. The Morgan fingerprint density at radius 1 is 2.00 bits per heavy atom. The summed E-state index contributed by atoms with van der Waals surface area (Å²) in [5.41, 5.74) is 4.02. The van der Waals surface area contributed by atoms with Crippen LogP contribution >= 0.6 is 0 Å². The first-order valence-electron chi connectivity index (χ1n) is 2.24. The van der Waals surface area contributed by atoms with E-state index in [4.69, 9.17) is 5.84 Å². The van der Waals surface area contributed by atoms with Gasteiger partial charge in [0.1, 0.15) is 0 Å². The molecule has 0 aromatic rings. The molecule has 0 saturated heterocycles. The molecule has 3 nitrogen and oxygen atoms in total. The molecular weight excluding hydrogens is 90.1 g/mol. The lowest BCUT2D eigenvalue weighted by molar-refractivity contribution is 0.268. The number of hydrazine groups is 2. The summed E-state index contributed by atoms with van der Waals surface area (Å²) in [6, 6.07) is 0. The maximum absolute atomic E-state index is 5.30. The van der Waals surface area contributed by atoms with Gasteiger partial charge in [-0.25, -0.2) is 0 Å². The van der Waals surface area contributed by atoms with Crippen LogP contribution in [0, 0.1) is 0 Å².